The number of likely N-dealkylation sites (tertiary alicyclic amines) is 1. The highest BCUT2D eigenvalue weighted by Gasteiger charge is 2.42. The summed E-state index contributed by atoms with van der Waals surface area (Å²) in [7, 11) is 0. The Balaban J connectivity index is 1.76. The van der Waals surface area contributed by atoms with Crippen molar-refractivity contribution in [2.24, 2.45) is 0 Å². The van der Waals surface area contributed by atoms with Crippen LogP contribution in [0, 0.1) is 0 Å². The number of quaternary nitrogens is 1. The van der Waals surface area contributed by atoms with Crippen LogP contribution in [-0.2, 0) is 13.1 Å². The summed E-state index contributed by atoms with van der Waals surface area (Å²) >= 11 is 3.75. The van der Waals surface area contributed by atoms with Gasteiger partial charge in [0.1, 0.15) is 17.9 Å². The van der Waals surface area contributed by atoms with E-state index in [1.54, 1.807) is 0 Å². The molecule has 2 aromatic rings. The molecule has 19 heavy (non-hydrogen) atoms. The maximum atomic E-state index is 3.75. The van der Waals surface area contributed by atoms with E-state index in [9.17, 15) is 0 Å². The smallest absolute Gasteiger partial charge is 0.112 e. The molecule has 1 aliphatic rings. The predicted octanol–water partition coefficient (Wildman–Crippen LogP) is 3.98. The van der Waals surface area contributed by atoms with Crippen LogP contribution in [0.3, 0.4) is 0 Å². The molecule has 2 heteroatoms. The summed E-state index contributed by atoms with van der Waals surface area (Å²) in [5.41, 5.74) is 2.88. The van der Waals surface area contributed by atoms with E-state index in [4.69, 9.17) is 0 Å². The standard InChI is InChI=1S/C17H19BrN/c18-17-13-19(14-17,11-15-7-3-1-4-8-15)12-16-9-5-2-6-10-16/h1-10,17H,11-14H2/q+1. The lowest BCUT2D eigenvalue weighted by molar-refractivity contribution is -0.985. The van der Waals surface area contributed by atoms with E-state index in [-0.39, 0.29) is 0 Å². The quantitative estimate of drug-likeness (QED) is 0.591. The van der Waals surface area contributed by atoms with Crippen LogP contribution in [0.25, 0.3) is 0 Å². The summed E-state index contributed by atoms with van der Waals surface area (Å²) in [5.74, 6) is 0. The molecule has 1 saturated heterocycles. The highest BCUT2D eigenvalue weighted by molar-refractivity contribution is 9.09. The third kappa shape index (κ3) is 3.07. The van der Waals surface area contributed by atoms with Gasteiger partial charge in [0, 0.05) is 11.1 Å². The van der Waals surface area contributed by atoms with Gasteiger partial charge in [-0.25, -0.2) is 0 Å². The molecule has 98 valence electrons. The Bertz CT molecular complexity index is 474. The highest BCUT2D eigenvalue weighted by Crippen LogP contribution is 2.31. The molecule has 0 aliphatic carbocycles. The van der Waals surface area contributed by atoms with Gasteiger partial charge in [-0.05, 0) is 0 Å². The van der Waals surface area contributed by atoms with Crippen molar-refractivity contribution in [1.29, 1.82) is 0 Å². The van der Waals surface area contributed by atoms with E-state index in [0.29, 0.717) is 4.83 Å². The summed E-state index contributed by atoms with van der Waals surface area (Å²) in [4.78, 5) is 0.680. The van der Waals surface area contributed by atoms with Gasteiger partial charge in [-0.15, -0.1) is 0 Å². The second-order valence-electron chi connectivity index (χ2n) is 5.59. The fourth-order valence-electron chi connectivity index (χ4n) is 3.04. The van der Waals surface area contributed by atoms with Crippen LogP contribution in [0.15, 0.2) is 60.7 Å². The molecule has 0 unspecified atom stereocenters. The van der Waals surface area contributed by atoms with Gasteiger partial charge in [0.25, 0.3) is 0 Å². The number of alkyl halides is 1. The van der Waals surface area contributed by atoms with Gasteiger partial charge in [0.15, 0.2) is 0 Å². The second kappa shape index (κ2) is 5.48. The van der Waals surface area contributed by atoms with Crippen LogP contribution < -0.4 is 0 Å². The van der Waals surface area contributed by atoms with Crippen LogP contribution in [-0.4, -0.2) is 22.4 Å². The molecule has 0 aromatic heterocycles. The minimum absolute atomic E-state index is 0.680. The summed E-state index contributed by atoms with van der Waals surface area (Å²) < 4.78 is 1.17. The third-order valence-electron chi connectivity index (χ3n) is 3.89. The van der Waals surface area contributed by atoms with Gasteiger partial charge in [-0.3, -0.25) is 0 Å². The molecule has 0 N–H and O–H groups in total. The molecule has 0 radical (unpaired) electrons. The highest BCUT2D eigenvalue weighted by atomic mass is 79.9. The number of halogens is 1. The van der Waals surface area contributed by atoms with Crippen molar-refractivity contribution in [3.05, 3.63) is 71.8 Å². The van der Waals surface area contributed by atoms with Crippen LogP contribution in [0.4, 0.5) is 0 Å². The van der Waals surface area contributed by atoms with Crippen LogP contribution in [0.2, 0.25) is 0 Å². The van der Waals surface area contributed by atoms with Crippen molar-refractivity contribution >= 4 is 15.9 Å². The summed E-state index contributed by atoms with van der Waals surface area (Å²) in [5, 5.41) is 0. The first-order chi connectivity index (χ1) is 9.26. The molecule has 2 aromatic carbocycles. The molecular weight excluding hydrogens is 298 g/mol. The minimum Gasteiger partial charge on any atom is -0.314 e. The SMILES string of the molecule is BrC1C[N+](Cc2ccccc2)(Cc2ccccc2)C1. The average Bonchev–Trinajstić information content (AvgIpc) is 2.39. The Labute approximate surface area is 123 Å². The number of hydrogen-bond donors (Lipinski definition) is 0. The number of hydrogen-bond acceptors (Lipinski definition) is 0. The predicted molar refractivity (Wildman–Crippen MR) is 83.0 cm³/mol. The van der Waals surface area contributed by atoms with E-state index in [0.717, 1.165) is 13.1 Å². The maximum Gasteiger partial charge on any atom is 0.112 e. The van der Waals surface area contributed by atoms with Crippen molar-refractivity contribution in [3.63, 3.8) is 0 Å². The third-order valence-corrected chi connectivity index (χ3v) is 4.47. The Kier molecular flexibility index (Phi) is 3.72. The molecule has 1 aliphatic heterocycles. The van der Waals surface area contributed by atoms with Gasteiger partial charge in [-0.1, -0.05) is 76.6 Å². The monoisotopic (exact) mass is 316 g/mol. The van der Waals surface area contributed by atoms with E-state index >= 15 is 0 Å². The lowest BCUT2D eigenvalue weighted by atomic mass is 10.0. The summed E-state index contributed by atoms with van der Waals surface area (Å²) in [6.45, 7) is 4.73. The first-order valence-corrected chi connectivity index (χ1v) is 7.74. The number of rotatable bonds is 4. The van der Waals surface area contributed by atoms with Crippen LogP contribution in [0.5, 0.6) is 0 Å². The molecule has 1 fully saturated rings. The topological polar surface area (TPSA) is 0 Å². The Morgan fingerprint density at radius 3 is 1.58 bits per heavy atom. The van der Waals surface area contributed by atoms with Crippen molar-refractivity contribution in [3.8, 4) is 0 Å². The van der Waals surface area contributed by atoms with Gasteiger partial charge in [0.2, 0.25) is 0 Å². The zero-order valence-electron chi connectivity index (χ0n) is 11.0. The zero-order chi connectivity index (χ0) is 13.1. The van der Waals surface area contributed by atoms with Crippen molar-refractivity contribution in [1.82, 2.24) is 0 Å². The van der Waals surface area contributed by atoms with Gasteiger partial charge >= 0.3 is 0 Å². The first-order valence-electron chi connectivity index (χ1n) is 6.83. The number of nitrogens with zero attached hydrogens (tertiary/aromatic N) is 1. The van der Waals surface area contributed by atoms with Crippen LogP contribution >= 0.6 is 15.9 Å². The second-order valence-corrected chi connectivity index (χ2v) is 6.89. The minimum atomic E-state index is 0.680. The first kappa shape index (κ1) is 12.9. The fourth-order valence-corrected chi connectivity index (χ4v) is 4.27. The largest absolute Gasteiger partial charge is 0.314 e. The van der Waals surface area contributed by atoms with E-state index in [1.165, 1.54) is 28.7 Å². The molecule has 1 nitrogen and oxygen atoms in total. The molecule has 0 saturated carbocycles. The Hall–Kier alpha value is -1.12. The lowest BCUT2D eigenvalue weighted by Gasteiger charge is -2.49. The molecule has 3 rings (SSSR count). The molecule has 0 spiro atoms. The fraction of sp³-hybridized carbons (Fsp3) is 0.294. The molecular formula is C17H19BrN+. The molecule has 1 heterocycles. The normalized spacial score (nSPS) is 17.9. The van der Waals surface area contributed by atoms with E-state index < -0.39 is 0 Å². The van der Waals surface area contributed by atoms with Crippen molar-refractivity contribution < 1.29 is 4.48 Å². The van der Waals surface area contributed by atoms with Gasteiger partial charge in [-0.2, -0.15) is 0 Å². The Morgan fingerprint density at radius 2 is 1.21 bits per heavy atom. The zero-order valence-corrected chi connectivity index (χ0v) is 12.6. The molecule has 0 atom stereocenters. The Morgan fingerprint density at radius 1 is 0.789 bits per heavy atom. The van der Waals surface area contributed by atoms with Crippen molar-refractivity contribution in [2.75, 3.05) is 13.1 Å². The molecule has 0 bridgehead atoms. The summed E-state index contributed by atoms with van der Waals surface area (Å²) in [6, 6.07) is 21.7. The van der Waals surface area contributed by atoms with Gasteiger partial charge < -0.3 is 4.48 Å². The van der Waals surface area contributed by atoms with E-state index in [2.05, 4.69) is 76.6 Å². The van der Waals surface area contributed by atoms with E-state index in [1.807, 2.05) is 0 Å². The average molecular weight is 317 g/mol. The van der Waals surface area contributed by atoms with Gasteiger partial charge in [0.05, 0.1) is 13.1 Å². The molecule has 0 amide bonds. The maximum absolute atomic E-state index is 3.75. The lowest BCUT2D eigenvalue weighted by Crippen LogP contribution is -2.62. The van der Waals surface area contributed by atoms with Crippen molar-refractivity contribution in [2.45, 2.75) is 17.9 Å². The van der Waals surface area contributed by atoms with Crippen LogP contribution in [0.1, 0.15) is 11.1 Å². The summed E-state index contributed by atoms with van der Waals surface area (Å²) in [6.07, 6.45) is 0. The number of benzene rings is 2.